The van der Waals surface area contributed by atoms with Crippen LogP contribution in [0.5, 0.6) is 0 Å². The van der Waals surface area contributed by atoms with E-state index in [0.29, 0.717) is 14.5 Å². The topological polar surface area (TPSA) is 23.8 Å². The van der Waals surface area contributed by atoms with Gasteiger partial charge in [0.15, 0.2) is 0 Å². The van der Waals surface area contributed by atoms with Crippen LogP contribution in [-0.2, 0) is 11.5 Å². The van der Waals surface area contributed by atoms with Gasteiger partial charge in [-0.05, 0) is 40.3 Å². The molecule has 0 unspecified atom stereocenters. The van der Waals surface area contributed by atoms with E-state index in [-0.39, 0.29) is 5.56 Å². The Morgan fingerprint density at radius 3 is 2.40 bits per heavy atom. The molecule has 0 aliphatic heterocycles. The Kier molecular flexibility index (Phi) is 4.00. The summed E-state index contributed by atoms with van der Waals surface area (Å²) in [5.41, 5.74) is -0.254. The average molecular weight is 390 g/mol. The van der Waals surface area contributed by atoms with Crippen LogP contribution in [-0.4, -0.2) is 0 Å². The van der Waals surface area contributed by atoms with E-state index < -0.39 is 11.7 Å². The normalized spacial score (nSPS) is 11.2. The number of halogens is 5. The second kappa shape index (κ2) is 4.70. The van der Waals surface area contributed by atoms with Gasteiger partial charge in [0.2, 0.25) is 0 Å². The van der Waals surface area contributed by atoms with Crippen LogP contribution in [0.1, 0.15) is 16.7 Å². The van der Waals surface area contributed by atoms with E-state index in [1.165, 1.54) is 0 Å². The largest absolute Gasteiger partial charge is 0.416 e. The van der Waals surface area contributed by atoms with Crippen molar-refractivity contribution in [2.45, 2.75) is 11.5 Å². The van der Waals surface area contributed by atoms with Gasteiger partial charge in [0.1, 0.15) is 6.07 Å². The molecule has 0 bridgehead atoms. The maximum atomic E-state index is 12.4. The Balaban J connectivity index is 3.42. The highest BCUT2D eigenvalue weighted by molar-refractivity contribution is 14.1. The summed E-state index contributed by atoms with van der Waals surface area (Å²) in [6, 6.07) is 3.68. The molecular weight excluding hydrogens is 386 g/mol. The van der Waals surface area contributed by atoms with E-state index in [0.717, 1.165) is 12.1 Å². The van der Waals surface area contributed by atoms with Crippen LogP contribution in [0.2, 0.25) is 0 Å². The van der Waals surface area contributed by atoms with Gasteiger partial charge >= 0.3 is 6.18 Å². The molecule has 0 N–H and O–H groups in total. The summed E-state index contributed by atoms with van der Waals surface area (Å²) in [4.78, 5) is 0. The molecule has 1 aromatic carbocycles. The van der Waals surface area contributed by atoms with Gasteiger partial charge in [0.25, 0.3) is 0 Å². The monoisotopic (exact) mass is 389 g/mol. The molecule has 1 aromatic rings. The summed E-state index contributed by atoms with van der Waals surface area (Å²) in [5, 5.41) is 8.99. The SMILES string of the molecule is N#Cc1cc(C(F)(F)F)cc(CBr)c1I. The third-order valence-corrected chi connectivity index (χ3v) is 3.62. The molecule has 0 radical (unpaired) electrons. The lowest BCUT2D eigenvalue weighted by Crippen LogP contribution is -2.07. The van der Waals surface area contributed by atoms with Crippen LogP contribution < -0.4 is 0 Å². The Morgan fingerprint density at radius 1 is 1.40 bits per heavy atom. The minimum atomic E-state index is -4.41. The zero-order valence-electron chi connectivity index (χ0n) is 7.20. The van der Waals surface area contributed by atoms with Gasteiger partial charge in [-0.1, -0.05) is 15.9 Å². The molecule has 80 valence electrons. The summed E-state index contributed by atoms with van der Waals surface area (Å²) in [5.74, 6) is 0. The molecule has 0 saturated heterocycles. The number of nitrogens with zero attached hydrogens (tertiary/aromatic N) is 1. The van der Waals surface area contributed by atoms with Crippen molar-refractivity contribution in [1.82, 2.24) is 0 Å². The van der Waals surface area contributed by atoms with Gasteiger partial charge in [-0.2, -0.15) is 18.4 Å². The number of hydrogen-bond acceptors (Lipinski definition) is 1. The van der Waals surface area contributed by atoms with Gasteiger partial charge in [-0.25, -0.2) is 0 Å². The molecule has 0 atom stereocenters. The van der Waals surface area contributed by atoms with Gasteiger partial charge in [0, 0.05) is 8.90 Å². The molecular formula is C9H4BrF3IN. The van der Waals surface area contributed by atoms with Crippen molar-refractivity contribution in [3.05, 3.63) is 32.4 Å². The first-order chi connectivity index (χ1) is 6.90. The summed E-state index contributed by atoms with van der Waals surface area (Å²) in [6.45, 7) is 0. The summed E-state index contributed by atoms with van der Waals surface area (Å²) in [7, 11) is 0. The number of alkyl halides is 4. The summed E-state index contributed by atoms with van der Waals surface area (Å²) in [6.07, 6.45) is -4.41. The van der Waals surface area contributed by atoms with E-state index in [2.05, 4.69) is 15.9 Å². The van der Waals surface area contributed by atoms with Crippen molar-refractivity contribution in [3.63, 3.8) is 0 Å². The number of benzene rings is 1. The molecule has 0 saturated carbocycles. The molecule has 1 nitrogen and oxygen atoms in total. The maximum Gasteiger partial charge on any atom is 0.416 e. The minimum absolute atomic E-state index is 0.0554. The van der Waals surface area contributed by atoms with E-state index in [9.17, 15) is 13.2 Å². The van der Waals surface area contributed by atoms with Crippen LogP contribution in [0.15, 0.2) is 12.1 Å². The van der Waals surface area contributed by atoms with Gasteiger partial charge < -0.3 is 0 Å². The molecule has 15 heavy (non-hydrogen) atoms. The van der Waals surface area contributed by atoms with Crippen molar-refractivity contribution in [2.24, 2.45) is 0 Å². The lowest BCUT2D eigenvalue weighted by atomic mass is 10.1. The zero-order valence-corrected chi connectivity index (χ0v) is 10.9. The lowest BCUT2D eigenvalue weighted by molar-refractivity contribution is -0.137. The third kappa shape index (κ3) is 2.84. The molecule has 0 amide bonds. The molecule has 0 spiro atoms. The molecule has 0 heterocycles. The first-order valence-corrected chi connectivity index (χ1v) is 5.96. The van der Waals surface area contributed by atoms with Crippen LogP contribution >= 0.6 is 38.5 Å². The summed E-state index contributed by atoms with van der Waals surface area (Å²) >= 11 is 4.96. The quantitative estimate of drug-likeness (QED) is 0.524. The first kappa shape index (κ1) is 12.8. The van der Waals surface area contributed by atoms with Crippen LogP contribution in [0.25, 0.3) is 0 Å². The third-order valence-electron chi connectivity index (χ3n) is 1.74. The predicted molar refractivity (Wildman–Crippen MR) is 61.5 cm³/mol. The second-order valence-electron chi connectivity index (χ2n) is 2.74. The van der Waals surface area contributed by atoms with Crippen molar-refractivity contribution in [2.75, 3.05) is 0 Å². The Bertz CT molecular complexity index is 423. The van der Waals surface area contributed by atoms with E-state index in [1.54, 1.807) is 6.07 Å². The van der Waals surface area contributed by atoms with Crippen molar-refractivity contribution < 1.29 is 13.2 Å². The fourth-order valence-electron chi connectivity index (χ4n) is 1.03. The Morgan fingerprint density at radius 2 is 2.00 bits per heavy atom. The maximum absolute atomic E-state index is 12.4. The molecule has 1 rings (SSSR count). The standard InChI is InChI=1S/C9H4BrF3IN/c10-3-5-1-7(9(11,12)13)2-6(4-15)8(5)14/h1-2H,3H2. The molecule has 6 heteroatoms. The Hall–Kier alpha value is -0.290. The average Bonchev–Trinajstić information content (AvgIpc) is 2.16. The van der Waals surface area contributed by atoms with Crippen molar-refractivity contribution in [3.8, 4) is 6.07 Å². The molecule has 0 aliphatic carbocycles. The minimum Gasteiger partial charge on any atom is -0.192 e. The van der Waals surface area contributed by atoms with Gasteiger partial charge in [0.05, 0.1) is 11.1 Å². The number of nitriles is 1. The van der Waals surface area contributed by atoms with Crippen molar-refractivity contribution >= 4 is 38.5 Å². The van der Waals surface area contributed by atoms with Crippen LogP contribution in [0, 0.1) is 14.9 Å². The van der Waals surface area contributed by atoms with Crippen LogP contribution in [0.4, 0.5) is 13.2 Å². The van der Waals surface area contributed by atoms with E-state index >= 15 is 0 Å². The number of rotatable bonds is 1. The fourth-order valence-corrected chi connectivity index (χ4v) is 2.62. The van der Waals surface area contributed by atoms with E-state index in [1.807, 2.05) is 22.6 Å². The smallest absolute Gasteiger partial charge is 0.192 e. The van der Waals surface area contributed by atoms with Gasteiger partial charge in [-0.3, -0.25) is 0 Å². The molecule has 0 aromatic heterocycles. The highest BCUT2D eigenvalue weighted by atomic mass is 127. The Labute approximate surface area is 107 Å². The predicted octanol–water partition coefficient (Wildman–Crippen LogP) is 4.08. The highest BCUT2D eigenvalue weighted by Crippen LogP contribution is 2.33. The molecule has 0 fully saturated rings. The lowest BCUT2D eigenvalue weighted by Gasteiger charge is -2.10. The van der Waals surface area contributed by atoms with Crippen molar-refractivity contribution in [1.29, 1.82) is 5.26 Å². The van der Waals surface area contributed by atoms with E-state index in [4.69, 9.17) is 5.26 Å². The zero-order chi connectivity index (χ0) is 11.6. The summed E-state index contributed by atoms with van der Waals surface area (Å²) < 4.78 is 37.8. The molecule has 0 aliphatic rings. The van der Waals surface area contributed by atoms with Gasteiger partial charge in [-0.15, -0.1) is 0 Å². The number of hydrogen-bond donors (Lipinski definition) is 0. The second-order valence-corrected chi connectivity index (χ2v) is 4.38. The fraction of sp³-hybridized carbons (Fsp3) is 0.222. The van der Waals surface area contributed by atoms with Crippen LogP contribution in [0.3, 0.4) is 0 Å². The first-order valence-electron chi connectivity index (χ1n) is 3.76. The highest BCUT2D eigenvalue weighted by Gasteiger charge is 2.31.